The van der Waals surface area contributed by atoms with Gasteiger partial charge in [0.15, 0.2) is 0 Å². The van der Waals surface area contributed by atoms with E-state index in [1.54, 1.807) is 0 Å². The lowest BCUT2D eigenvalue weighted by molar-refractivity contribution is 0.148. The molecule has 0 aliphatic carbocycles. The normalized spacial score (nSPS) is 12.3. The van der Waals surface area contributed by atoms with Crippen LogP contribution >= 0.6 is 0 Å². The maximum Gasteiger partial charge on any atom is 0.319 e. The summed E-state index contributed by atoms with van der Waals surface area (Å²) in [5, 5.41) is 15.0. The van der Waals surface area contributed by atoms with Crippen molar-refractivity contribution in [3.63, 3.8) is 0 Å². The van der Waals surface area contributed by atoms with E-state index < -0.39 is 6.10 Å². The van der Waals surface area contributed by atoms with Crippen LogP contribution in [0.2, 0.25) is 0 Å². The van der Waals surface area contributed by atoms with Crippen LogP contribution in [0.15, 0.2) is 24.3 Å². The number of hydrogen-bond donors (Lipinski definition) is 3. The van der Waals surface area contributed by atoms with Gasteiger partial charge in [-0.2, -0.15) is 0 Å². The molecule has 1 aromatic carbocycles. The van der Waals surface area contributed by atoms with Gasteiger partial charge >= 0.3 is 6.03 Å². The quantitative estimate of drug-likeness (QED) is 0.752. The van der Waals surface area contributed by atoms with Gasteiger partial charge in [0, 0.05) is 12.2 Å². The average molecular weight is 250 g/mol. The molecule has 0 radical (unpaired) electrons. The van der Waals surface area contributed by atoms with Gasteiger partial charge in [-0.05, 0) is 31.4 Å². The molecule has 0 aliphatic heterocycles. The molecule has 1 rings (SSSR count). The van der Waals surface area contributed by atoms with Crippen LogP contribution in [-0.2, 0) is 0 Å². The second-order valence-corrected chi connectivity index (χ2v) is 4.98. The fraction of sp³-hybridized carbons (Fsp3) is 0.500. The number of nitrogens with one attached hydrogen (secondary N) is 2. The molecule has 1 aromatic rings. The highest BCUT2D eigenvalue weighted by Gasteiger charge is 2.08. The van der Waals surface area contributed by atoms with Gasteiger partial charge in [0.25, 0.3) is 0 Å². The summed E-state index contributed by atoms with van der Waals surface area (Å²) in [5.41, 5.74) is 1.89. The summed E-state index contributed by atoms with van der Waals surface area (Å²) in [6.45, 7) is 6.34. The minimum absolute atomic E-state index is 0.274. The smallest absolute Gasteiger partial charge is 0.319 e. The molecular formula is C14H22N2O2. The Balaban J connectivity index is 2.31. The summed E-state index contributed by atoms with van der Waals surface area (Å²) in [6.07, 6.45) is 0.193. The van der Waals surface area contributed by atoms with Crippen LogP contribution in [0.5, 0.6) is 0 Å². The zero-order chi connectivity index (χ0) is 13.5. The van der Waals surface area contributed by atoms with Gasteiger partial charge in [-0.15, -0.1) is 0 Å². The summed E-state index contributed by atoms with van der Waals surface area (Å²) in [6, 6.07) is 7.27. The summed E-state index contributed by atoms with van der Waals surface area (Å²) in [7, 11) is 0. The second-order valence-electron chi connectivity index (χ2n) is 4.98. The lowest BCUT2D eigenvalue weighted by Gasteiger charge is -2.14. The topological polar surface area (TPSA) is 61.4 Å². The van der Waals surface area contributed by atoms with E-state index in [-0.39, 0.29) is 12.6 Å². The first-order valence-electron chi connectivity index (χ1n) is 6.27. The van der Waals surface area contributed by atoms with Gasteiger partial charge in [-0.25, -0.2) is 4.79 Å². The highest BCUT2D eigenvalue weighted by Crippen LogP contribution is 2.08. The van der Waals surface area contributed by atoms with Crippen molar-refractivity contribution in [1.82, 2.24) is 5.32 Å². The van der Waals surface area contributed by atoms with E-state index in [1.807, 2.05) is 45.0 Å². The Morgan fingerprint density at radius 3 is 2.44 bits per heavy atom. The van der Waals surface area contributed by atoms with Gasteiger partial charge in [0.05, 0.1) is 6.10 Å². The molecule has 3 N–H and O–H groups in total. The Morgan fingerprint density at radius 1 is 1.28 bits per heavy atom. The zero-order valence-electron chi connectivity index (χ0n) is 11.2. The fourth-order valence-electron chi connectivity index (χ4n) is 1.65. The third kappa shape index (κ3) is 5.68. The molecule has 1 atom stereocenters. The maximum atomic E-state index is 11.6. The van der Waals surface area contributed by atoms with Crippen LogP contribution in [0.1, 0.15) is 25.8 Å². The van der Waals surface area contributed by atoms with E-state index in [0.29, 0.717) is 12.3 Å². The molecule has 0 saturated carbocycles. The number of urea groups is 1. The molecule has 100 valence electrons. The van der Waals surface area contributed by atoms with Crippen LogP contribution in [-0.4, -0.2) is 23.8 Å². The summed E-state index contributed by atoms with van der Waals surface area (Å²) >= 11 is 0. The van der Waals surface area contributed by atoms with Crippen molar-refractivity contribution in [3.05, 3.63) is 29.8 Å². The van der Waals surface area contributed by atoms with E-state index >= 15 is 0 Å². The first-order chi connectivity index (χ1) is 8.47. The number of benzene rings is 1. The Morgan fingerprint density at radius 2 is 1.89 bits per heavy atom. The van der Waals surface area contributed by atoms with Crippen molar-refractivity contribution >= 4 is 11.7 Å². The van der Waals surface area contributed by atoms with E-state index in [0.717, 1.165) is 11.3 Å². The van der Waals surface area contributed by atoms with Crippen LogP contribution in [0.3, 0.4) is 0 Å². The number of aryl methyl sites for hydroxylation is 1. The highest BCUT2D eigenvalue weighted by molar-refractivity contribution is 5.89. The van der Waals surface area contributed by atoms with E-state index in [9.17, 15) is 9.90 Å². The molecule has 4 heteroatoms. The largest absolute Gasteiger partial charge is 0.391 e. The van der Waals surface area contributed by atoms with Crippen molar-refractivity contribution in [2.24, 2.45) is 5.92 Å². The number of carbonyl (C=O) groups is 1. The summed E-state index contributed by atoms with van der Waals surface area (Å²) in [5.74, 6) is 0.418. The molecule has 0 spiro atoms. The molecule has 0 bridgehead atoms. The maximum absolute atomic E-state index is 11.6. The zero-order valence-corrected chi connectivity index (χ0v) is 11.2. The molecule has 4 nitrogen and oxygen atoms in total. The minimum Gasteiger partial charge on any atom is -0.391 e. The van der Waals surface area contributed by atoms with Crippen molar-refractivity contribution in [1.29, 1.82) is 0 Å². The summed E-state index contributed by atoms with van der Waals surface area (Å²) < 4.78 is 0. The first-order valence-corrected chi connectivity index (χ1v) is 6.27. The van der Waals surface area contributed by atoms with Crippen LogP contribution in [0.4, 0.5) is 10.5 Å². The average Bonchev–Trinajstić information content (AvgIpc) is 2.29. The van der Waals surface area contributed by atoms with Gasteiger partial charge in [0.1, 0.15) is 0 Å². The number of hydrogen-bond acceptors (Lipinski definition) is 2. The van der Waals surface area contributed by atoms with Crippen LogP contribution in [0.25, 0.3) is 0 Å². The monoisotopic (exact) mass is 250 g/mol. The minimum atomic E-state index is -0.492. The predicted molar refractivity (Wildman–Crippen MR) is 73.7 cm³/mol. The first kappa shape index (κ1) is 14.5. The molecule has 0 fully saturated rings. The van der Waals surface area contributed by atoms with Gasteiger partial charge in [-0.1, -0.05) is 31.5 Å². The molecule has 2 amide bonds. The Bertz CT molecular complexity index is 374. The number of anilines is 1. The van der Waals surface area contributed by atoms with E-state index in [4.69, 9.17) is 0 Å². The molecule has 0 aromatic heterocycles. The van der Waals surface area contributed by atoms with Crippen molar-refractivity contribution < 1.29 is 9.90 Å². The van der Waals surface area contributed by atoms with Crippen molar-refractivity contribution in [2.75, 3.05) is 11.9 Å². The molecule has 0 heterocycles. The predicted octanol–water partition coefficient (Wildman–Crippen LogP) is 2.52. The molecule has 0 saturated heterocycles. The molecule has 18 heavy (non-hydrogen) atoms. The van der Waals surface area contributed by atoms with Crippen molar-refractivity contribution in [3.8, 4) is 0 Å². The van der Waals surface area contributed by atoms with Crippen molar-refractivity contribution in [2.45, 2.75) is 33.3 Å². The van der Waals surface area contributed by atoms with E-state index in [2.05, 4.69) is 10.6 Å². The number of carbonyl (C=O) groups excluding carboxylic acids is 1. The lowest BCUT2D eigenvalue weighted by Crippen LogP contribution is -2.35. The third-order valence-electron chi connectivity index (χ3n) is 2.55. The number of aliphatic hydroxyl groups excluding tert-OH is 1. The highest BCUT2D eigenvalue weighted by atomic mass is 16.3. The van der Waals surface area contributed by atoms with Crippen LogP contribution < -0.4 is 10.6 Å². The molecule has 1 unspecified atom stereocenters. The van der Waals surface area contributed by atoms with Crippen LogP contribution in [0, 0.1) is 12.8 Å². The molecule has 0 aliphatic rings. The lowest BCUT2D eigenvalue weighted by atomic mass is 10.1. The number of aliphatic hydroxyl groups is 1. The van der Waals surface area contributed by atoms with Gasteiger partial charge in [-0.3, -0.25) is 0 Å². The van der Waals surface area contributed by atoms with Gasteiger partial charge < -0.3 is 15.7 Å². The van der Waals surface area contributed by atoms with E-state index in [1.165, 1.54) is 0 Å². The number of amides is 2. The standard InChI is InChI=1S/C14H22N2O2/c1-10(2)8-13(17)9-15-14(18)16-12-6-4-11(3)5-7-12/h4-7,10,13,17H,8-9H2,1-3H3,(H2,15,16,18). The Kier molecular flexibility index (Phi) is 5.65. The molecular weight excluding hydrogens is 228 g/mol. The second kappa shape index (κ2) is 7.01. The third-order valence-corrected chi connectivity index (χ3v) is 2.55. The van der Waals surface area contributed by atoms with Gasteiger partial charge in [0.2, 0.25) is 0 Å². The fourth-order valence-corrected chi connectivity index (χ4v) is 1.65. The summed E-state index contributed by atoms with van der Waals surface area (Å²) in [4.78, 5) is 11.6. The number of rotatable bonds is 5. The SMILES string of the molecule is Cc1ccc(NC(=O)NCC(O)CC(C)C)cc1. The Hall–Kier alpha value is -1.55. The Labute approximate surface area is 108 Å².